The van der Waals surface area contributed by atoms with Gasteiger partial charge in [0.25, 0.3) is 0 Å². The largest absolute Gasteiger partial charge is 0.399 e. The second kappa shape index (κ2) is 26.5. The minimum absolute atomic E-state index is 0.822. The summed E-state index contributed by atoms with van der Waals surface area (Å²) < 4.78 is 0. The van der Waals surface area contributed by atoms with Crippen molar-refractivity contribution in [1.82, 2.24) is 5.32 Å². The van der Waals surface area contributed by atoms with Crippen LogP contribution in [0, 0.1) is 0 Å². The molecule has 0 atom stereocenters. The van der Waals surface area contributed by atoms with Gasteiger partial charge in [-0.05, 0) is 38.1 Å². The van der Waals surface area contributed by atoms with Crippen LogP contribution in [-0.4, -0.2) is 13.1 Å². The zero-order valence-electron chi connectivity index (χ0n) is 14.7. The standard InChI is InChI=1S/C6H7N.C5H11N.C3H8.2C2H6/c7-6-4-2-1-3-5-6;1-2-4-6-5-3-1;1-3-2;2*1-2/h1-5H,7H2;6H,1-5H2;3H2,1-2H3;2*1-2H3. The van der Waals surface area contributed by atoms with E-state index in [-0.39, 0.29) is 0 Å². The maximum Gasteiger partial charge on any atom is 0.0313 e. The monoisotopic (exact) mass is 282 g/mol. The summed E-state index contributed by atoms with van der Waals surface area (Å²) in [5, 5.41) is 3.28. The van der Waals surface area contributed by atoms with Crippen molar-refractivity contribution in [2.45, 2.75) is 67.2 Å². The van der Waals surface area contributed by atoms with Gasteiger partial charge in [0.05, 0.1) is 0 Å². The third-order valence-corrected chi connectivity index (χ3v) is 2.01. The molecule has 1 aromatic carbocycles. The molecule has 1 fully saturated rings. The first-order valence-corrected chi connectivity index (χ1v) is 8.32. The van der Waals surface area contributed by atoms with Gasteiger partial charge in [0, 0.05) is 5.69 Å². The van der Waals surface area contributed by atoms with E-state index in [0.29, 0.717) is 0 Å². The lowest BCUT2D eigenvalue weighted by Gasteiger charge is -2.08. The van der Waals surface area contributed by atoms with Crippen LogP contribution in [0.5, 0.6) is 0 Å². The molecular weight excluding hydrogens is 244 g/mol. The minimum atomic E-state index is 0.822. The summed E-state index contributed by atoms with van der Waals surface area (Å²) in [7, 11) is 0. The number of nitrogens with one attached hydrogen (secondary N) is 1. The summed E-state index contributed by atoms with van der Waals surface area (Å²) in [4.78, 5) is 0. The first-order chi connectivity index (χ1) is 9.81. The van der Waals surface area contributed by atoms with Crippen LogP contribution in [0.1, 0.15) is 67.2 Å². The SMILES string of the molecule is C1CCNCC1.CC.CC.CCC.Nc1ccccc1. The van der Waals surface area contributed by atoms with E-state index in [1.54, 1.807) is 0 Å². The molecule has 0 saturated carbocycles. The van der Waals surface area contributed by atoms with Crippen molar-refractivity contribution in [3.63, 3.8) is 0 Å². The number of nitrogens with two attached hydrogens (primary N) is 1. The van der Waals surface area contributed by atoms with Crippen LogP contribution in [0.4, 0.5) is 5.69 Å². The maximum atomic E-state index is 5.36. The van der Waals surface area contributed by atoms with Gasteiger partial charge < -0.3 is 11.1 Å². The van der Waals surface area contributed by atoms with Crippen LogP contribution in [0.2, 0.25) is 0 Å². The molecule has 0 aliphatic carbocycles. The van der Waals surface area contributed by atoms with Gasteiger partial charge in [-0.1, -0.05) is 72.6 Å². The van der Waals surface area contributed by atoms with E-state index in [4.69, 9.17) is 5.73 Å². The average Bonchev–Trinajstić information content (AvgIpc) is 2.55. The molecule has 0 unspecified atom stereocenters. The molecule has 120 valence electrons. The van der Waals surface area contributed by atoms with Crippen LogP contribution >= 0.6 is 0 Å². The van der Waals surface area contributed by atoms with E-state index >= 15 is 0 Å². The number of piperidine rings is 1. The summed E-state index contributed by atoms with van der Waals surface area (Å²) in [6, 6.07) is 9.49. The molecule has 0 spiro atoms. The molecule has 0 aromatic heterocycles. The number of rotatable bonds is 0. The number of benzene rings is 1. The van der Waals surface area contributed by atoms with E-state index in [1.165, 1.54) is 38.8 Å². The van der Waals surface area contributed by atoms with Crippen molar-refractivity contribution in [3.05, 3.63) is 30.3 Å². The van der Waals surface area contributed by atoms with E-state index < -0.39 is 0 Å². The van der Waals surface area contributed by atoms with Crippen LogP contribution in [0.15, 0.2) is 30.3 Å². The summed E-state index contributed by atoms with van der Waals surface area (Å²) in [6.45, 7) is 14.8. The average molecular weight is 283 g/mol. The Labute approximate surface area is 128 Å². The van der Waals surface area contributed by atoms with E-state index in [2.05, 4.69) is 19.2 Å². The fraction of sp³-hybridized carbons (Fsp3) is 0.667. The Hall–Kier alpha value is -1.02. The molecule has 1 aromatic rings. The highest BCUT2D eigenvalue weighted by Crippen LogP contribution is 1.96. The molecule has 1 aliphatic rings. The number of anilines is 1. The predicted octanol–water partition coefficient (Wildman–Crippen LogP) is 5.50. The van der Waals surface area contributed by atoms with Gasteiger partial charge in [-0.15, -0.1) is 0 Å². The first kappa shape index (κ1) is 24.0. The molecule has 1 heterocycles. The van der Waals surface area contributed by atoms with Crippen LogP contribution in [0.3, 0.4) is 0 Å². The van der Waals surface area contributed by atoms with Crippen molar-refractivity contribution >= 4 is 5.69 Å². The van der Waals surface area contributed by atoms with Crippen molar-refractivity contribution in [3.8, 4) is 0 Å². The number of hydrogen-bond donors (Lipinski definition) is 2. The normalized spacial score (nSPS) is 11.7. The van der Waals surface area contributed by atoms with Crippen molar-refractivity contribution in [2.75, 3.05) is 18.8 Å². The lowest BCUT2D eigenvalue weighted by Crippen LogP contribution is -2.21. The Kier molecular flexibility index (Phi) is 31.9. The van der Waals surface area contributed by atoms with Gasteiger partial charge in [-0.25, -0.2) is 0 Å². The molecule has 2 heteroatoms. The van der Waals surface area contributed by atoms with Crippen LogP contribution < -0.4 is 11.1 Å². The zero-order chi connectivity index (χ0) is 16.1. The summed E-state index contributed by atoms with van der Waals surface area (Å²) in [5.74, 6) is 0. The van der Waals surface area contributed by atoms with Gasteiger partial charge in [0.1, 0.15) is 0 Å². The minimum Gasteiger partial charge on any atom is -0.399 e. The summed E-state index contributed by atoms with van der Waals surface area (Å²) in [6.07, 6.45) is 5.47. The van der Waals surface area contributed by atoms with Gasteiger partial charge in [-0.2, -0.15) is 0 Å². The van der Waals surface area contributed by atoms with Crippen molar-refractivity contribution in [2.24, 2.45) is 0 Å². The predicted molar refractivity (Wildman–Crippen MR) is 96.2 cm³/mol. The molecule has 2 nitrogen and oxygen atoms in total. The molecule has 2 rings (SSSR count). The second-order valence-corrected chi connectivity index (χ2v) is 3.93. The fourth-order valence-electron chi connectivity index (χ4n) is 1.25. The Bertz CT molecular complexity index is 207. The van der Waals surface area contributed by atoms with E-state index in [1.807, 2.05) is 58.0 Å². The highest BCUT2D eigenvalue weighted by molar-refractivity contribution is 5.35. The van der Waals surface area contributed by atoms with E-state index in [9.17, 15) is 0 Å². The summed E-state index contributed by atoms with van der Waals surface area (Å²) in [5.41, 5.74) is 6.18. The second-order valence-electron chi connectivity index (χ2n) is 3.93. The highest BCUT2D eigenvalue weighted by Gasteiger charge is 1.93. The maximum absolute atomic E-state index is 5.36. The molecule has 1 saturated heterocycles. The Balaban J connectivity index is -0.000000203. The molecule has 0 bridgehead atoms. The van der Waals surface area contributed by atoms with Gasteiger partial charge in [0.2, 0.25) is 0 Å². The molecular formula is C18H38N2. The van der Waals surface area contributed by atoms with Crippen molar-refractivity contribution < 1.29 is 0 Å². The first-order valence-electron chi connectivity index (χ1n) is 8.32. The Morgan fingerprint density at radius 2 is 1.25 bits per heavy atom. The number of nitrogen functional groups attached to an aromatic ring is 1. The fourth-order valence-corrected chi connectivity index (χ4v) is 1.25. The molecule has 0 radical (unpaired) electrons. The molecule has 3 N–H and O–H groups in total. The third kappa shape index (κ3) is 25.7. The van der Waals surface area contributed by atoms with Gasteiger partial charge in [0.15, 0.2) is 0 Å². The quantitative estimate of drug-likeness (QED) is 0.617. The number of hydrogen-bond acceptors (Lipinski definition) is 2. The van der Waals surface area contributed by atoms with E-state index in [0.717, 1.165) is 5.69 Å². The smallest absolute Gasteiger partial charge is 0.0313 e. The molecule has 0 amide bonds. The van der Waals surface area contributed by atoms with Crippen LogP contribution in [0.25, 0.3) is 0 Å². The topological polar surface area (TPSA) is 38.0 Å². The number of para-hydroxylation sites is 1. The summed E-state index contributed by atoms with van der Waals surface area (Å²) >= 11 is 0. The Morgan fingerprint density at radius 1 is 0.850 bits per heavy atom. The lowest BCUT2D eigenvalue weighted by molar-refractivity contribution is 0.520. The van der Waals surface area contributed by atoms with Crippen LogP contribution in [-0.2, 0) is 0 Å². The Morgan fingerprint density at radius 3 is 1.40 bits per heavy atom. The van der Waals surface area contributed by atoms with Crippen molar-refractivity contribution in [1.29, 1.82) is 0 Å². The molecule has 20 heavy (non-hydrogen) atoms. The zero-order valence-corrected chi connectivity index (χ0v) is 14.7. The van der Waals surface area contributed by atoms with Gasteiger partial charge in [-0.3, -0.25) is 0 Å². The lowest BCUT2D eigenvalue weighted by atomic mass is 10.2. The van der Waals surface area contributed by atoms with Gasteiger partial charge >= 0.3 is 0 Å². The highest BCUT2D eigenvalue weighted by atomic mass is 14.9. The molecule has 1 aliphatic heterocycles. The third-order valence-electron chi connectivity index (χ3n) is 2.01.